The van der Waals surface area contributed by atoms with Gasteiger partial charge < -0.3 is 5.32 Å². The number of hydrogen-bond acceptors (Lipinski definition) is 3. The third-order valence-electron chi connectivity index (χ3n) is 2.96. The van der Waals surface area contributed by atoms with E-state index in [9.17, 15) is 13.2 Å². The van der Waals surface area contributed by atoms with Crippen molar-refractivity contribution in [2.45, 2.75) is 31.2 Å². The number of carbonyl (C=O) groups is 1. The molecule has 0 bridgehead atoms. The van der Waals surface area contributed by atoms with Gasteiger partial charge in [-0.1, -0.05) is 29.8 Å². The van der Waals surface area contributed by atoms with Gasteiger partial charge in [-0.25, -0.2) is 13.1 Å². The van der Waals surface area contributed by atoms with Gasteiger partial charge in [0.1, 0.15) is 0 Å². The Balaban J connectivity index is 2.25. The summed E-state index contributed by atoms with van der Waals surface area (Å²) in [6, 6.07) is 12.7. The molecule has 0 aliphatic heterocycles. The van der Waals surface area contributed by atoms with Gasteiger partial charge in [0.05, 0.1) is 15.5 Å². The lowest BCUT2D eigenvalue weighted by Crippen LogP contribution is -2.40. The van der Waals surface area contributed by atoms with Crippen LogP contribution >= 0.6 is 11.6 Å². The van der Waals surface area contributed by atoms with E-state index in [0.29, 0.717) is 16.3 Å². The van der Waals surface area contributed by atoms with Crippen LogP contribution in [0.3, 0.4) is 0 Å². The quantitative estimate of drug-likeness (QED) is 0.866. The highest BCUT2D eigenvalue weighted by Gasteiger charge is 2.22. The van der Waals surface area contributed by atoms with Gasteiger partial charge in [0.15, 0.2) is 0 Å². The van der Waals surface area contributed by atoms with Crippen LogP contribution in [-0.2, 0) is 10.0 Å². The first kappa shape index (κ1) is 18.4. The van der Waals surface area contributed by atoms with Gasteiger partial charge in [0.2, 0.25) is 10.0 Å². The summed E-state index contributed by atoms with van der Waals surface area (Å²) in [6.45, 7) is 5.27. The Bertz CT molecular complexity index is 858. The highest BCUT2D eigenvalue weighted by Crippen LogP contribution is 2.20. The Morgan fingerprint density at radius 1 is 1.04 bits per heavy atom. The van der Waals surface area contributed by atoms with Gasteiger partial charge in [-0.05, 0) is 51.1 Å². The molecule has 24 heavy (non-hydrogen) atoms. The maximum absolute atomic E-state index is 12.4. The van der Waals surface area contributed by atoms with Crippen LogP contribution in [0, 0.1) is 0 Å². The molecule has 0 saturated carbocycles. The summed E-state index contributed by atoms with van der Waals surface area (Å²) in [4.78, 5) is 12.3. The van der Waals surface area contributed by atoms with Crippen LogP contribution in [0.4, 0.5) is 5.69 Å². The van der Waals surface area contributed by atoms with Crippen molar-refractivity contribution in [2.24, 2.45) is 0 Å². The summed E-state index contributed by atoms with van der Waals surface area (Å²) in [5.74, 6) is -0.404. The predicted molar refractivity (Wildman–Crippen MR) is 95.9 cm³/mol. The van der Waals surface area contributed by atoms with Crippen molar-refractivity contribution in [1.29, 1.82) is 0 Å². The minimum absolute atomic E-state index is 0.0781. The molecule has 2 rings (SSSR count). The summed E-state index contributed by atoms with van der Waals surface area (Å²) in [6.07, 6.45) is 0. The fourth-order valence-corrected chi connectivity index (χ4v) is 3.73. The lowest BCUT2D eigenvalue weighted by atomic mass is 10.1. The largest absolute Gasteiger partial charge is 0.322 e. The highest BCUT2D eigenvalue weighted by molar-refractivity contribution is 7.89. The van der Waals surface area contributed by atoms with Crippen molar-refractivity contribution < 1.29 is 13.2 Å². The molecule has 7 heteroatoms. The SMILES string of the molecule is CC(C)(C)NS(=O)(=O)c1cccc(NC(=O)c2ccccc2Cl)c1. The van der Waals surface area contributed by atoms with Crippen LogP contribution in [0.25, 0.3) is 0 Å². The average Bonchev–Trinajstić information content (AvgIpc) is 2.45. The van der Waals surface area contributed by atoms with E-state index in [0.717, 1.165) is 0 Å². The van der Waals surface area contributed by atoms with E-state index >= 15 is 0 Å². The molecule has 0 unspecified atom stereocenters. The molecule has 2 N–H and O–H groups in total. The molecule has 2 aromatic carbocycles. The van der Waals surface area contributed by atoms with Crippen LogP contribution in [-0.4, -0.2) is 19.9 Å². The third-order valence-corrected chi connectivity index (χ3v) is 5.05. The van der Waals surface area contributed by atoms with E-state index < -0.39 is 21.5 Å². The van der Waals surface area contributed by atoms with Crippen molar-refractivity contribution >= 4 is 33.2 Å². The molecule has 0 radical (unpaired) electrons. The summed E-state index contributed by atoms with van der Waals surface area (Å²) in [5.41, 5.74) is 0.0901. The monoisotopic (exact) mass is 366 g/mol. The summed E-state index contributed by atoms with van der Waals surface area (Å²) < 4.78 is 27.3. The number of rotatable bonds is 4. The van der Waals surface area contributed by atoms with Crippen molar-refractivity contribution in [3.8, 4) is 0 Å². The fourth-order valence-electron chi connectivity index (χ4n) is 2.05. The summed E-state index contributed by atoms with van der Waals surface area (Å²) >= 11 is 6.00. The zero-order valence-electron chi connectivity index (χ0n) is 13.6. The number of hydrogen-bond donors (Lipinski definition) is 2. The molecule has 0 spiro atoms. The van der Waals surface area contributed by atoms with Crippen molar-refractivity contribution in [2.75, 3.05) is 5.32 Å². The third kappa shape index (κ3) is 4.80. The second kappa shape index (κ2) is 6.93. The van der Waals surface area contributed by atoms with Gasteiger partial charge in [0.25, 0.3) is 5.91 Å². The summed E-state index contributed by atoms with van der Waals surface area (Å²) in [7, 11) is -3.68. The first-order chi connectivity index (χ1) is 11.1. The van der Waals surface area contributed by atoms with Crippen molar-refractivity contribution in [1.82, 2.24) is 4.72 Å². The smallest absolute Gasteiger partial charge is 0.257 e. The number of sulfonamides is 1. The van der Waals surface area contributed by atoms with E-state index in [1.807, 2.05) is 0 Å². The number of benzene rings is 2. The van der Waals surface area contributed by atoms with Crippen LogP contribution < -0.4 is 10.0 Å². The second-order valence-electron chi connectivity index (χ2n) is 6.32. The molecule has 0 saturated heterocycles. The molecular weight excluding hydrogens is 348 g/mol. The van der Waals surface area contributed by atoms with Gasteiger partial charge in [-0.3, -0.25) is 4.79 Å². The molecule has 1 amide bonds. The van der Waals surface area contributed by atoms with Crippen LogP contribution in [0.1, 0.15) is 31.1 Å². The number of anilines is 1. The van der Waals surface area contributed by atoms with Crippen molar-refractivity contribution in [3.63, 3.8) is 0 Å². The number of amides is 1. The zero-order chi connectivity index (χ0) is 18.0. The minimum Gasteiger partial charge on any atom is -0.322 e. The van der Waals surface area contributed by atoms with E-state index in [2.05, 4.69) is 10.0 Å². The standard InChI is InChI=1S/C17H19ClN2O3S/c1-17(2,3)20-24(22,23)13-8-6-7-12(11-13)19-16(21)14-9-4-5-10-15(14)18/h4-11,20H,1-3H3,(H,19,21). The maximum atomic E-state index is 12.4. The maximum Gasteiger partial charge on any atom is 0.257 e. The van der Waals surface area contributed by atoms with E-state index in [-0.39, 0.29) is 4.90 Å². The first-order valence-corrected chi connectivity index (χ1v) is 9.14. The molecule has 0 aliphatic rings. The lowest BCUT2D eigenvalue weighted by molar-refractivity contribution is 0.102. The number of halogens is 1. The van der Waals surface area contributed by atoms with Gasteiger partial charge in [-0.15, -0.1) is 0 Å². The highest BCUT2D eigenvalue weighted by atomic mass is 35.5. The first-order valence-electron chi connectivity index (χ1n) is 7.28. The van der Waals surface area contributed by atoms with Crippen LogP contribution in [0.5, 0.6) is 0 Å². The molecule has 0 fully saturated rings. The van der Waals surface area contributed by atoms with E-state index in [1.54, 1.807) is 57.2 Å². The average molecular weight is 367 g/mol. The minimum atomic E-state index is -3.68. The molecule has 0 aromatic heterocycles. The van der Waals surface area contributed by atoms with Gasteiger partial charge >= 0.3 is 0 Å². The van der Waals surface area contributed by atoms with Crippen molar-refractivity contribution in [3.05, 3.63) is 59.1 Å². The number of nitrogens with one attached hydrogen (secondary N) is 2. The Morgan fingerprint density at radius 3 is 2.33 bits per heavy atom. The molecular formula is C17H19ClN2O3S. The van der Waals surface area contributed by atoms with Crippen LogP contribution in [0.15, 0.2) is 53.4 Å². The van der Waals surface area contributed by atoms with E-state index in [4.69, 9.17) is 11.6 Å². The fraction of sp³-hybridized carbons (Fsp3) is 0.235. The molecule has 0 aliphatic carbocycles. The van der Waals surface area contributed by atoms with Crippen LogP contribution in [0.2, 0.25) is 5.02 Å². The molecule has 2 aromatic rings. The normalized spacial score (nSPS) is 12.0. The van der Waals surface area contributed by atoms with Gasteiger partial charge in [0, 0.05) is 11.2 Å². The predicted octanol–water partition coefficient (Wildman–Crippen LogP) is 3.67. The molecule has 0 atom stereocenters. The Morgan fingerprint density at radius 2 is 1.71 bits per heavy atom. The number of carbonyl (C=O) groups excluding carboxylic acids is 1. The van der Waals surface area contributed by atoms with Gasteiger partial charge in [-0.2, -0.15) is 0 Å². The topological polar surface area (TPSA) is 75.3 Å². The van der Waals surface area contributed by atoms with E-state index in [1.165, 1.54) is 12.1 Å². The summed E-state index contributed by atoms with van der Waals surface area (Å²) in [5, 5.41) is 2.99. The Hall–Kier alpha value is -1.89. The molecule has 5 nitrogen and oxygen atoms in total. The zero-order valence-corrected chi connectivity index (χ0v) is 15.2. The Labute approximate surface area is 147 Å². The molecule has 0 heterocycles. The lowest BCUT2D eigenvalue weighted by Gasteiger charge is -2.20. The second-order valence-corrected chi connectivity index (χ2v) is 8.41. The molecule has 128 valence electrons. The Kier molecular flexibility index (Phi) is 5.32.